The van der Waals surface area contributed by atoms with Crippen molar-refractivity contribution in [2.24, 2.45) is 13.0 Å². The van der Waals surface area contributed by atoms with Gasteiger partial charge >= 0.3 is 6.03 Å². The lowest BCUT2D eigenvalue weighted by Crippen LogP contribution is -2.43. The highest BCUT2D eigenvalue weighted by molar-refractivity contribution is 5.74. The van der Waals surface area contributed by atoms with Crippen LogP contribution in [0.1, 0.15) is 36.7 Å². The number of nitrogens with one attached hydrogen (secondary N) is 1. The maximum Gasteiger partial charge on any atom is 0.317 e. The van der Waals surface area contributed by atoms with E-state index in [1.54, 1.807) is 0 Å². The van der Waals surface area contributed by atoms with Crippen molar-refractivity contribution in [3.63, 3.8) is 0 Å². The minimum Gasteiger partial charge on any atom is -0.334 e. The zero-order valence-electron chi connectivity index (χ0n) is 12.4. The van der Waals surface area contributed by atoms with Crippen LogP contribution in [0.3, 0.4) is 0 Å². The highest BCUT2D eigenvalue weighted by atomic mass is 16.2. The number of carbonyl (C=O) groups is 1. The second-order valence-corrected chi connectivity index (χ2v) is 5.60. The molecule has 1 aliphatic heterocycles. The second-order valence-electron chi connectivity index (χ2n) is 5.60. The van der Waals surface area contributed by atoms with Gasteiger partial charge in [0, 0.05) is 37.9 Å². The van der Waals surface area contributed by atoms with Crippen molar-refractivity contribution in [3.8, 4) is 0 Å². The Morgan fingerprint density at radius 3 is 2.53 bits per heavy atom. The predicted molar refractivity (Wildman–Crippen MR) is 74.9 cm³/mol. The molecule has 106 valence electrons. The molecule has 1 fully saturated rings. The summed E-state index contributed by atoms with van der Waals surface area (Å²) >= 11 is 0. The monoisotopic (exact) mass is 264 g/mol. The van der Waals surface area contributed by atoms with Crippen LogP contribution in [0.2, 0.25) is 0 Å². The fourth-order valence-corrected chi connectivity index (χ4v) is 2.56. The van der Waals surface area contributed by atoms with Gasteiger partial charge in [-0.3, -0.25) is 4.68 Å². The van der Waals surface area contributed by atoms with Crippen LogP contribution >= 0.6 is 0 Å². The SMILES string of the molecule is Cc1nn(C)c(C)c1CNC(=O)N1CCC(C)CC1. The minimum atomic E-state index is 0.0505. The molecule has 1 aliphatic rings. The molecule has 2 rings (SSSR count). The molecular formula is C14H24N4O. The van der Waals surface area contributed by atoms with Crippen LogP contribution < -0.4 is 5.32 Å². The zero-order valence-corrected chi connectivity index (χ0v) is 12.4. The van der Waals surface area contributed by atoms with Crippen molar-refractivity contribution in [1.82, 2.24) is 20.0 Å². The molecule has 2 amide bonds. The van der Waals surface area contributed by atoms with E-state index in [-0.39, 0.29) is 6.03 Å². The van der Waals surface area contributed by atoms with Gasteiger partial charge in [0.2, 0.25) is 0 Å². The third-order valence-electron chi connectivity index (χ3n) is 4.15. The highest BCUT2D eigenvalue weighted by Gasteiger charge is 2.20. The van der Waals surface area contributed by atoms with Crippen LogP contribution in [-0.4, -0.2) is 33.8 Å². The number of hydrogen-bond acceptors (Lipinski definition) is 2. The molecule has 1 N–H and O–H groups in total. The number of carbonyl (C=O) groups excluding carboxylic acids is 1. The maximum absolute atomic E-state index is 12.1. The van der Waals surface area contributed by atoms with Crippen LogP contribution in [0.25, 0.3) is 0 Å². The Kier molecular flexibility index (Phi) is 4.12. The molecule has 0 unspecified atom stereocenters. The Morgan fingerprint density at radius 2 is 2.00 bits per heavy atom. The molecule has 0 radical (unpaired) electrons. The van der Waals surface area contributed by atoms with Gasteiger partial charge in [-0.15, -0.1) is 0 Å². The van der Waals surface area contributed by atoms with Gasteiger partial charge in [-0.05, 0) is 32.6 Å². The van der Waals surface area contributed by atoms with Gasteiger partial charge in [-0.1, -0.05) is 6.92 Å². The standard InChI is InChI=1S/C14H24N4O/c1-10-5-7-18(8-6-10)14(19)15-9-13-11(2)16-17(4)12(13)3/h10H,5-9H2,1-4H3,(H,15,19). The minimum absolute atomic E-state index is 0.0505. The van der Waals surface area contributed by atoms with Gasteiger partial charge in [-0.2, -0.15) is 5.10 Å². The van der Waals surface area contributed by atoms with Gasteiger partial charge < -0.3 is 10.2 Å². The molecule has 5 heteroatoms. The molecule has 2 heterocycles. The van der Waals surface area contributed by atoms with Crippen molar-refractivity contribution in [3.05, 3.63) is 17.0 Å². The summed E-state index contributed by atoms with van der Waals surface area (Å²) in [6.07, 6.45) is 2.22. The summed E-state index contributed by atoms with van der Waals surface area (Å²) in [6.45, 7) is 8.57. The van der Waals surface area contributed by atoms with Crippen molar-refractivity contribution in [1.29, 1.82) is 0 Å². The molecule has 1 saturated heterocycles. The van der Waals surface area contributed by atoms with Crippen molar-refractivity contribution in [2.75, 3.05) is 13.1 Å². The second kappa shape index (κ2) is 5.63. The average molecular weight is 264 g/mol. The number of urea groups is 1. The molecule has 0 spiro atoms. The van der Waals surface area contributed by atoms with E-state index in [0.717, 1.165) is 48.8 Å². The first-order valence-electron chi connectivity index (χ1n) is 7.01. The molecule has 5 nitrogen and oxygen atoms in total. The fraction of sp³-hybridized carbons (Fsp3) is 0.714. The summed E-state index contributed by atoms with van der Waals surface area (Å²) in [5.74, 6) is 0.742. The molecule has 1 aromatic heterocycles. The van der Waals surface area contributed by atoms with E-state index in [2.05, 4.69) is 17.3 Å². The quantitative estimate of drug-likeness (QED) is 0.888. The molecule has 1 aromatic rings. The predicted octanol–water partition coefficient (Wildman–Crippen LogP) is 1.98. The maximum atomic E-state index is 12.1. The highest BCUT2D eigenvalue weighted by Crippen LogP contribution is 2.16. The number of likely N-dealkylation sites (tertiary alicyclic amines) is 1. The Hall–Kier alpha value is -1.52. The van der Waals surface area contributed by atoms with Gasteiger partial charge in [-0.25, -0.2) is 4.79 Å². The molecule has 0 atom stereocenters. The van der Waals surface area contributed by atoms with Crippen molar-refractivity contribution in [2.45, 2.75) is 40.2 Å². The topological polar surface area (TPSA) is 50.2 Å². The molecule has 0 aliphatic carbocycles. The smallest absolute Gasteiger partial charge is 0.317 e. The number of amides is 2. The normalized spacial score (nSPS) is 16.7. The third kappa shape index (κ3) is 3.08. The van der Waals surface area contributed by atoms with E-state index < -0.39 is 0 Å². The van der Waals surface area contributed by atoms with Crippen LogP contribution in [0.5, 0.6) is 0 Å². The first-order valence-corrected chi connectivity index (χ1v) is 7.01. The number of aryl methyl sites for hydroxylation is 2. The third-order valence-corrected chi connectivity index (χ3v) is 4.15. The van der Waals surface area contributed by atoms with Crippen LogP contribution in [-0.2, 0) is 13.6 Å². The van der Waals surface area contributed by atoms with E-state index in [0.29, 0.717) is 6.54 Å². The molecular weight excluding hydrogens is 240 g/mol. The first kappa shape index (κ1) is 13.9. The number of hydrogen-bond donors (Lipinski definition) is 1. The fourth-order valence-electron chi connectivity index (χ4n) is 2.56. The Morgan fingerprint density at radius 1 is 1.37 bits per heavy atom. The van der Waals surface area contributed by atoms with E-state index >= 15 is 0 Å². The van der Waals surface area contributed by atoms with Gasteiger partial charge in [0.05, 0.1) is 5.69 Å². The summed E-state index contributed by atoms with van der Waals surface area (Å²) in [6, 6.07) is 0.0505. The number of rotatable bonds is 2. The zero-order chi connectivity index (χ0) is 14.0. The lowest BCUT2D eigenvalue weighted by Gasteiger charge is -2.30. The van der Waals surface area contributed by atoms with Crippen LogP contribution in [0.4, 0.5) is 4.79 Å². The number of piperidine rings is 1. The van der Waals surface area contributed by atoms with E-state index in [9.17, 15) is 4.79 Å². The van der Waals surface area contributed by atoms with Crippen molar-refractivity contribution < 1.29 is 4.79 Å². The van der Waals surface area contributed by atoms with E-state index in [1.165, 1.54) is 0 Å². The Bertz CT molecular complexity index is 458. The first-order chi connectivity index (χ1) is 8.99. The van der Waals surface area contributed by atoms with Gasteiger partial charge in [0.15, 0.2) is 0 Å². The van der Waals surface area contributed by atoms with Crippen LogP contribution in [0, 0.1) is 19.8 Å². The summed E-state index contributed by atoms with van der Waals surface area (Å²) in [7, 11) is 1.93. The summed E-state index contributed by atoms with van der Waals surface area (Å²) in [5, 5.41) is 7.37. The van der Waals surface area contributed by atoms with Gasteiger partial charge in [0.1, 0.15) is 0 Å². The average Bonchev–Trinajstić information content (AvgIpc) is 2.62. The largest absolute Gasteiger partial charge is 0.334 e. The molecule has 0 bridgehead atoms. The van der Waals surface area contributed by atoms with E-state index in [4.69, 9.17) is 0 Å². The van der Waals surface area contributed by atoms with Crippen LogP contribution in [0.15, 0.2) is 0 Å². The molecule has 0 aromatic carbocycles. The summed E-state index contributed by atoms with van der Waals surface area (Å²) in [5.41, 5.74) is 3.24. The lowest BCUT2D eigenvalue weighted by atomic mass is 10.00. The van der Waals surface area contributed by atoms with E-state index in [1.807, 2.05) is 30.5 Å². The van der Waals surface area contributed by atoms with Gasteiger partial charge in [0.25, 0.3) is 0 Å². The molecule has 0 saturated carbocycles. The number of nitrogens with zero attached hydrogens (tertiary/aromatic N) is 3. The molecule has 19 heavy (non-hydrogen) atoms. The van der Waals surface area contributed by atoms with Crippen molar-refractivity contribution >= 4 is 6.03 Å². The summed E-state index contributed by atoms with van der Waals surface area (Å²) in [4.78, 5) is 14.0. The lowest BCUT2D eigenvalue weighted by molar-refractivity contribution is 0.173. The Balaban J connectivity index is 1.90. The Labute approximate surface area is 115 Å². The number of aromatic nitrogens is 2. The summed E-state index contributed by atoms with van der Waals surface area (Å²) < 4.78 is 1.86.